The average molecular weight is 404 g/mol. The molecule has 0 saturated carbocycles. The van der Waals surface area contributed by atoms with Gasteiger partial charge in [-0.1, -0.05) is 36.4 Å². The normalized spacial score (nSPS) is 10.6. The molecule has 0 spiro atoms. The fraction of sp³-hybridized carbons (Fsp3) is 0.0870. The van der Waals surface area contributed by atoms with Crippen molar-refractivity contribution in [1.82, 2.24) is 0 Å². The number of amides is 1. The third-order valence-electron chi connectivity index (χ3n) is 4.20. The molecule has 0 aromatic heterocycles. The number of nitro benzene ring substituents is 1. The van der Waals surface area contributed by atoms with Crippen LogP contribution in [0.1, 0.15) is 11.1 Å². The van der Waals surface area contributed by atoms with E-state index in [0.29, 0.717) is 23.8 Å². The van der Waals surface area contributed by atoms with Crippen molar-refractivity contribution in [3.8, 4) is 11.5 Å². The summed E-state index contributed by atoms with van der Waals surface area (Å²) >= 11 is 0. The monoisotopic (exact) mass is 404 g/mol. The van der Waals surface area contributed by atoms with Crippen LogP contribution in [0.4, 0.5) is 11.4 Å². The number of carbonyl (C=O) groups excluding carboxylic acids is 1. The van der Waals surface area contributed by atoms with Gasteiger partial charge >= 0.3 is 0 Å². The first-order valence-electron chi connectivity index (χ1n) is 9.13. The van der Waals surface area contributed by atoms with E-state index in [1.165, 1.54) is 30.3 Å². The zero-order chi connectivity index (χ0) is 21.3. The van der Waals surface area contributed by atoms with Gasteiger partial charge in [-0.25, -0.2) is 0 Å². The van der Waals surface area contributed by atoms with Gasteiger partial charge in [0.15, 0.2) is 11.5 Å². The van der Waals surface area contributed by atoms with Gasteiger partial charge in [-0.3, -0.25) is 14.9 Å². The van der Waals surface area contributed by atoms with Crippen molar-refractivity contribution >= 4 is 23.4 Å². The molecule has 30 heavy (non-hydrogen) atoms. The number of nitrogens with zero attached hydrogens (tertiary/aromatic N) is 1. The molecule has 0 aliphatic heterocycles. The standard InChI is InChI=1S/C23H20N2O5/c1-29-22-15-17(7-13-21(22)30-16-18-5-3-2-4-6-18)8-14-23(26)24-19-9-11-20(12-10-19)25(27)28/h2-15H,16H2,1H3,(H,24,26). The Kier molecular flexibility index (Phi) is 6.78. The molecule has 7 heteroatoms. The van der Waals surface area contributed by atoms with Crippen LogP contribution in [-0.2, 0) is 11.4 Å². The van der Waals surface area contributed by atoms with Crippen LogP contribution < -0.4 is 14.8 Å². The molecular weight excluding hydrogens is 384 g/mol. The van der Waals surface area contributed by atoms with Crippen LogP contribution in [0, 0.1) is 10.1 Å². The highest BCUT2D eigenvalue weighted by Crippen LogP contribution is 2.29. The lowest BCUT2D eigenvalue weighted by Gasteiger charge is -2.11. The Hall–Kier alpha value is -4.13. The summed E-state index contributed by atoms with van der Waals surface area (Å²) in [7, 11) is 1.56. The number of nitrogens with one attached hydrogen (secondary N) is 1. The molecule has 0 heterocycles. The summed E-state index contributed by atoms with van der Waals surface area (Å²) in [5.74, 6) is 0.810. The number of hydrogen-bond acceptors (Lipinski definition) is 5. The zero-order valence-electron chi connectivity index (χ0n) is 16.3. The largest absolute Gasteiger partial charge is 0.493 e. The topological polar surface area (TPSA) is 90.7 Å². The van der Waals surface area contributed by atoms with E-state index in [-0.39, 0.29) is 11.6 Å². The fourth-order valence-corrected chi connectivity index (χ4v) is 2.66. The third-order valence-corrected chi connectivity index (χ3v) is 4.20. The number of ether oxygens (including phenoxy) is 2. The van der Waals surface area contributed by atoms with Crippen molar-refractivity contribution in [3.63, 3.8) is 0 Å². The highest BCUT2D eigenvalue weighted by molar-refractivity contribution is 6.02. The van der Waals surface area contributed by atoms with Crippen molar-refractivity contribution in [2.24, 2.45) is 0 Å². The molecule has 0 unspecified atom stereocenters. The van der Waals surface area contributed by atoms with Gasteiger partial charge in [-0.05, 0) is 41.5 Å². The van der Waals surface area contributed by atoms with Crippen molar-refractivity contribution in [3.05, 3.63) is 100 Å². The molecule has 3 aromatic rings. The van der Waals surface area contributed by atoms with Gasteiger partial charge in [-0.2, -0.15) is 0 Å². The minimum Gasteiger partial charge on any atom is -0.493 e. The van der Waals surface area contributed by atoms with Crippen LogP contribution in [0.3, 0.4) is 0 Å². The van der Waals surface area contributed by atoms with Gasteiger partial charge in [0.25, 0.3) is 5.69 Å². The summed E-state index contributed by atoms with van der Waals surface area (Å²) in [6.45, 7) is 0.421. The lowest BCUT2D eigenvalue weighted by atomic mass is 10.2. The first kappa shape index (κ1) is 20.6. The van der Waals surface area contributed by atoms with E-state index in [1.54, 1.807) is 25.3 Å². The van der Waals surface area contributed by atoms with E-state index in [0.717, 1.165) is 11.1 Å². The molecule has 1 amide bonds. The maximum absolute atomic E-state index is 12.1. The van der Waals surface area contributed by atoms with Gasteiger partial charge in [0.1, 0.15) is 6.61 Å². The minimum absolute atomic E-state index is 0.0368. The molecule has 152 valence electrons. The Morgan fingerprint density at radius 1 is 1.03 bits per heavy atom. The van der Waals surface area contributed by atoms with Crippen molar-refractivity contribution in [2.75, 3.05) is 12.4 Å². The van der Waals surface area contributed by atoms with Crippen LogP contribution in [0.15, 0.2) is 78.9 Å². The molecule has 1 N–H and O–H groups in total. The quantitative estimate of drug-likeness (QED) is 0.330. The van der Waals surface area contributed by atoms with Crippen LogP contribution in [0.25, 0.3) is 6.08 Å². The maximum Gasteiger partial charge on any atom is 0.269 e. The van der Waals surface area contributed by atoms with Crippen LogP contribution in [0.5, 0.6) is 11.5 Å². The Morgan fingerprint density at radius 3 is 2.43 bits per heavy atom. The second-order valence-corrected chi connectivity index (χ2v) is 6.31. The summed E-state index contributed by atoms with van der Waals surface area (Å²) in [6.07, 6.45) is 3.02. The smallest absolute Gasteiger partial charge is 0.269 e. The molecule has 0 fully saturated rings. The van der Waals surface area contributed by atoms with Gasteiger partial charge in [0, 0.05) is 23.9 Å². The molecule has 0 saturated heterocycles. The van der Waals surface area contributed by atoms with E-state index in [1.807, 2.05) is 36.4 Å². The van der Waals surface area contributed by atoms with Crippen molar-refractivity contribution in [1.29, 1.82) is 0 Å². The highest BCUT2D eigenvalue weighted by atomic mass is 16.6. The predicted octanol–water partition coefficient (Wildman–Crippen LogP) is 4.83. The summed E-state index contributed by atoms with van der Waals surface area (Å²) in [5, 5.41) is 13.3. The second kappa shape index (κ2) is 9.88. The number of rotatable bonds is 8. The molecule has 0 radical (unpaired) electrons. The van der Waals surface area contributed by atoms with Crippen LogP contribution >= 0.6 is 0 Å². The highest BCUT2D eigenvalue weighted by Gasteiger charge is 2.07. The summed E-state index contributed by atoms with van der Waals surface area (Å²) in [6, 6.07) is 20.8. The van der Waals surface area contributed by atoms with Crippen molar-refractivity contribution < 1.29 is 19.2 Å². The molecule has 3 aromatic carbocycles. The minimum atomic E-state index is -0.494. The van der Waals surface area contributed by atoms with Gasteiger partial charge in [-0.15, -0.1) is 0 Å². The number of benzene rings is 3. The summed E-state index contributed by atoms with van der Waals surface area (Å²) < 4.78 is 11.2. The Morgan fingerprint density at radius 2 is 1.77 bits per heavy atom. The average Bonchev–Trinajstić information content (AvgIpc) is 2.77. The van der Waals surface area contributed by atoms with E-state index in [9.17, 15) is 14.9 Å². The lowest BCUT2D eigenvalue weighted by Crippen LogP contribution is -2.07. The van der Waals surface area contributed by atoms with Crippen LogP contribution in [-0.4, -0.2) is 17.9 Å². The number of methoxy groups -OCH3 is 1. The lowest BCUT2D eigenvalue weighted by molar-refractivity contribution is -0.384. The second-order valence-electron chi connectivity index (χ2n) is 6.31. The summed E-state index contributed by atoms with van der Waals surface area (Å²) in [4.78, 5) is 22.3. The fourth-order valence-electron chi connectivity index (χ4n) is 2.66. The first-order chi connectivity index (χ1) is 14.5. The molecule has 0 bridgehead atoms. The Balaban J connectivity index is 1.61. The van der Waals surface area contributed by atoms with Gasteiger partial charge in [0.2, 0.25) is 5.91 Å². The van der Waals surface area contributed by atoms with Gasteiger partial charge < -0.3 is 14.8 Å². The molecule has 0 aliphatic rings. The zero-order valence-corrected chi connectivity index (χ0v) is 16.3. The predicted molar refractivity (Wildman–Crippen MR) is 115 cm³/mol. The molecule has 0 atom stereocenters. The summed E-state index contributed by atoms with van der Waals surface area (Å²) in [5.41, 5.74) is 2.24. The number of carbonyl (C=O) groups is 1. The van der Waals surface area contributed by atoms with Crippen LogP contribution in [0.2, 0.25) is 0 Å². The molecule has 0 aliphatic carbocycles. The maximum atomic E-state index is 12.1. The van der Waals surface area contributed by atoms with E-state index in [4.69, 9.17) is 9.47 Å². The first-order valence-corrected chi connectivity index (χ1v) is 9.13. The van der Waals surface area contributed by atoms with Gasteiger partial charge in [0.05, 0.1) is 12.0 Å². The molecule has 7 nitrogen and oxygen atoms in total. The number of non-ortho nitro benzene ring substituents is 1. The number of nitro groups is 1. The van der Waals surface area contributed by atoms with Crippen molar-refractivity contribution in [2.45, 2.75) is 6.61 Å². The van der Waals surface area contributed by atoms with E-state index in [2.05, 4.69) is 5.32 Å². The SMILES string of the molecule is COc1cc(C=CC(=O)Nc2ccc([N+](=O)[O-])cc2)ccc1OCc1ccccc1. The Bertz CT molecular complexity index is 1050. The van der Waals surface area contributed by atoms with E-state index < -0.39 is 4.92 Å². The Labute approximate surface area is 173 Å². The third kappa shape index (κ3) is 5.68. The number of anilines is 1. The molecular formula is C23H20N2O5. The number of hydrogen-bond donors (Lipinski definition) is 1. The van der Waals surface area contributed by atoms with E-state index >= 15 is 0 Å². The molecule has 3 rings (SSSR count).